The van der Waals surface area contributed by atoms with Gasteiger partial charge in [0.15, 0.2) is 0 Å². The van der Waals surface area contributed by atoms with Crippen LogP contribution >= 0.6 is 11.3 Å². The third-order valence-electron chi connectivity index (χ3n) is 3.01. The van der Waals surface area contributed by atoms with Crippen LogP contribution in [0, 0.1) is 12.8 Å². The molecule has 21 heavy (non-hydrogen) atoms. The van der Waals surface area contributed by atoms with Gasteiger partial charge in [0.05, 0.1) is 12.8 Å². The van der Waals surface area contributed by atoms with Crippen molar-refractivity contribution >= 4 is 17.2 Å². The third-order valence-corrected chi connectivity index (χ3v) is 4.22. The van der Waals surface area contributed by atoms with Crippen molar-refractivity contribution in [3.63, 3.8) is 0 Å². The zero-order valence-corrected chi connectivity index (χ0v) is 13.6. The van der Waals surface area contributed by atoms with E-state index in [4.69, 9.17) is 4.74 Å². The number of carbonyl (C=O) groups excluding carboxylic acids is 1. The first-order valence-electron chi connectivity index (χ1n) is 6.91. The number of hydrogen-bond donors (Lipinski definition) is 1. The largest absolute Gasteiger partial charge is 0.497 e. The van der Waals surface area contributed by atoms with Crippen LogP contribution in [0.25, 0.3) is 10.6 Å². The van der Waals surface area contributed by atoms with E-state index in [1.54, 1.807) is 7.11 Å². The number of aromatic nitrogens is 1. The van der Waals surface area contributed by atoms with E-state index in [9.17, 15) is 4.79 Å². The molecule has 0 bridgehead atoms. The number of nitrogens with one attached hydrogen (secondary N) is 1. The summed E-state index contributed by atoms with van der Waals surface area (Å²) in [6.45, 7) is 6.69. The van der Waals surface area contributed by atoms with Gasteiger partial charge >= 0.3 is 0 Å². The topological polar surface area (TPSA) is 51.2 Å². The zero-order valence-electron chi connectivity index (χ0n) is 12.8. The van der Waals surface area contributed by atoms with Crippen molar-refractivity contribution in [3.8, 4) is 16.3 Å². The molecule has 0 fully saturated rings. The molecule has 0 aliphatic carbocycles. The van der Waals surface area contributed by atoms with Crippen LogP contribution < -0.4 is 10.1 Å². The number of methoxy groups -OCH3 is 1. The number of hydrogen-bond acceptors (Lipinski definition) is 4. The number of thiazole rings is 1. The normalized spacial score (nSPS) is 10.7. The van der Waals surface area contributed by atoms with Gasteiger partial charge in [0, 0.05) is 12.1 Å². The zero-order chi connectivity index (χ0) is 15.4. The molecule has 1 amide bonds. The molecule has 0 unspecified atom stereocenters. The van der Waals surface area contributed by atoms with Crippen molar-refractivity contribution in [2.75, 3.05) is 13.7 Å². The Labute approximate surface area is 129 Å². The molecule has 0 saturated heterocycles. The summed E-state index contributed by atoms with van der Waals surface area (Å²) >= 11 is 1.42. The Morgan fingerprint density at radius 2 is 2.00 bits per heavy atom. The molecule has 112 valence electrons. The summed E-state index contributed by atoms with van der Waals surface area (Å²) in [6.07, 6.45) is 0. The van der Waals surface area contributed by atoms with Gasteiger partial charge in [-0.15, -0.1) is 11.3 Å². The van der Waals surface area contributed by atoms with Crippen molar-refractivity contribution < 1.29 is 9.53 Å². The second-order valence-electron chi connectivity index (χ2n) is 5.27. The lowest BCUT2D eigenvalue weighted by Gasteiger charge is -2.06. The smallest absolute Gasteiger partial charge is 0.263 e. The fraction of sp³-hybridized carbons (Fsp3) is 0.375. The third kappa shape index (κ3) is 3.82. The number of ether oxygens (including phenoxy) is 1. The Bertz CT molecular complexity index is 618. The standard InChI is InChI=1S/C16H20N2O2S/c1-10(2)9-17-15(19)14-11(3)18-16(21-14)12-5-7-13(20-4)8-6-12/h5-8,10H,9H2,1-4H3,(H,17,19). The summed E-state index contributed by atoms with van der Waals surface area (Å²) < 4.78 is 5.15. The summed E-state index contributed by atoms with van der Waals surface area (Å²) in [7, 11) is 1.64. The van der Waals surface area contributed by atoms with Crippen molar-refractivity contribution in [3.05, 3.63) is 34.8 Å². The molecule has 1 N–H and O–H groups in total. The predicted octanol–water partition coefficient (Wildman–Crippen LogP) is 3.51. The Kier molecular flexibility index (Phi) is 4.96. The van der Waals surface area contributed by atoms with Gasteiger partial charge in [0.1, 0.15) is 15.6 Å². The predicted molar refractivity (Wildman–Crippen MR) is 86.0 cm³/mol. The van der Waals surface area contributed by atoms with E-state index in [0.717, 1.165) is 22.0 Å². The molecule has 0 aliphatic rings. The summed E-state index contributed by atoms with van der Waals surface area (Å²) in [6, 6.07) is 7.69. The molecule has 0 saturated carbocycles. The average Bonchev–Trinajstić information content (AvgIpc) is 2.87. The fourth-order valence-corrected chi connectivity index (χ4v) is 2.83. The Balaban J connectivity index is 2.19. The van der Waals surface area contributed by atoms with E-state index in [0.29, 0.717) is 17.3 Å². The minimum absolute atomic E-state index is 0.0431. The van der Waals surface area contributed by atoms with E-state index < -0.39 is 0 Å². The van der Waals surface area contributed by atoms with Crippen molar-refractivity contribution in [1.82, 2.24) is 10.3 Å². The van der Waals surface area contributed by atoms with Crippen LogP contribution in [0.15, 0.2) is 24.3 Å². The second kappa shape index (κ2) is 6.72. The highest BCUT2D eigenvalue weighted by Gasteiger charge is 2.16. The van der Waals surface area contributed by atoms with Crippen LogP contribution in [0.5, 0.6) is 5.75 Å². The maximum Gasteiger partial charge on any atom is 0.263 e. The number of carbonyl (C=O) groups is 1. The van der Waals surface area contributed by atoms with E-state index in [2.05, 4.69) is 24.1 Å². The van der Waals surface area contributed by atoms with Crippen molar-refractivity contribution in [1.29, 1.82) is 0 Å². The molecule has 4 nitrogen and oxygen atoms in total. The maximum absolute atomic E-state index is 12.2. The van der Waals surface area contributed by atoms with Crippen LogP contribution in [0.3, 0.4) is 0 Å². The summed E-state index contributed by atoms with van der Waals surface area (Å²) in [5.41, 5.74) is 1.76. The number of aryl methyl sites for hydroxylation is 1. The van der Waals surface area contributed by atoms with Gasteiger partial charge in [-0.2, -0.15) is 0 Å². The number of nitrogens with zero attached hydrogens (tertiary/aromatic N) is 1. The highest BCUT2D eigenvalue weighted by Crippen LogP contribution is 2.29. The first-order valence-corrected chi connectivity index (χ1v) is 7.73. The van der Waals surface area contributed by atoms with Gasteiger partial charge in [-0.1, -0.05) is 13.8 Å². The molecule has 2 aromatic rings. The van der Waals surface area contributed by atoms with E-state index in [1.807, 2.05) is 31.2 Å². The van der Waals surface area contributed by atoms with Crippen molar-refractivity contribution in [2.45, 2.75) is 20.8 Å². The van der Waals surface area contributed by atoms with Crippen molar-refractivity contribution in [2.24, 2.45) is 5.92 Å². The lowest BCUT2D eigenvalue weighted by atomic mass is 10.2. The van der Waals surface area contributed by atoms with Gasteiger partial charge in [-0.25, -0.2) is 4.98 Å². The maximum atomic E-state index is 12.2. The Morgan fingerprint density at radius 3 is 2.57 bits per heavy atom. The molecular weight excluding hydrogens is 284 g/mol. The van der Waals surface area contributed by atoms with Crippen LogP contribution in [-0.4, -0.2) is 24.5 Å². The van der Waals surface area contributed by atoms with Gasteiger partial charge in [0.25, 0.3) is 5.91 Å². The summed E-state index contributed by atoms with van der Waals surface area (Å²) in [5.74, 6) is 1.20. The second-order valence-corrected chi connectivity index (χ2v) is 6.26. The molecule has 1 aromatic heterocycles. The van der Waals surface area contributed by atoms with Gasteiger partial charge in [0.2, 0.25) is 0 Å². The quantitative estimate of drug-likeness (QED) is 0.919. The molecule has 0 spiro atoms. The highest BCUT2D eigenvalue weighted by molar-refractivity contribution is 7.17. The van der Waals surface area contributed by atoms with Crippen LogP contribution in [0.2, 0.25) is 0 Å². The van der Waals surface area contributed by atoms with Gasteiger partial charge < -0.3 is 10.1 Å². The average molecular weight is 304 g/mol. The Morgan fingerprint density at radius 1 is 1.33 bits per heavy atom. The van der Waals surface area contributed by atoms with Crippen LogP contribution in [-0.2, 0) is 0 Å². The number of rotatable bonds is 5. The van der Waals surface area contributed by atoms with E-state index in [-0.39, 0.29) is 5.91 Å². The number of benzene rings is 1. The SMILES string of the molecule is COc1ccc(-c2nc(C)c(C(=O)NCC(C)C)s2)cc1. The number of amides is 1. The molecule has 5 heteroatoms. The van der Waals surface area contributed by atoms with Crippen LogP contribution in [0.1, 0.15) is 29.2 Å². The lowest BCUT2D eigenvalue weighted by molar-refractivity contribution is 0.0952. The molecule has 1 aromatic carbocycles. The minimum atomic E-state index is -0.0431. The molecule has 0 aliphatic heterocycles. The summed E-state index contributed by atoms with van der Waals surface area (Å²) in [4.78, 5) is 17.3. The monoisotopic (exact) mass is 304 g/mol. The highest BCUT2D eigenvalue weighted by atomic mass is 32.1. The van der Waals surface area contributed by atoms with E-state index >= 15 is 0 Å². The molecule has 0 atom stereocenters. The molecular formula is C16H20N2O2S. The minimum Gasteiger partial charge on any atom is -0.497 e. The van der Waals surface area contributed by atoms with Gasteiger partial charge in [-0.05, 0) is 37.1 Å². The van der Waals surface area contributed by atoms with Gasteiger partial charge in [-0.3, -0.25) is 4.79 Å². The molecule has 1 heterocycles. The van der Waals surface area contributed by atoms with Crippen LogP contribution in [0.4, 0.5) is 0 Å². The molecule has 2 rings (SSSR count). The fourth-order valence-electron chi connectivity index (χ4n) is 1.84. The lowest BCUT2D eigenvalue weighted by Crippen LogP contribution is -2.27. The first kappa shape index (κ1) is 15.5. The van der Waals surface area contributed by atoms with E-state index in [1.165, 1.54) is 11.3 Å². The first-order chi connectivity index (χ1) is 10.0. The molecule has 0 radical (unpaired) electrons. The Hall–Kier alpha value is -1.88. The summed E-state index contributed by atoms with van der Waals surface area (Å²) in [5, 5.41) is 3.79.